The summed E-state index contributed by atoms with van der Waals surface area (Å²) in [6.45, 7) is 1.90. The molecule has 19 heavy (non-hydrogen) atoms. The molecule has 2 N–H and O–H groups in total. The van der Waals surface area contributed by atoms with Gasteiger partial charge in [0, 0.05) is 17.1 Å². The van der Waals surface area contributed by atoms with Crippen LogP contribution in [-0.4, -0.2) is 11.6 Å². The SMILES string of the molecule is CCOc1cc2c(N)cc(C(F)(F)F)nc2cc1F. The molecule has 0 spiro atoms. The lowest BCUT2D eigenvalue weighted by atomic mass is 10.1. The van der Waals surface area contributed by atoms with Crippen molar-refractivity contribution in [1.82, 2.24) is 4.98 Å². The van der Waals surface area contributed by atoms with Crippen LogP contribution in [-0.2, 0) is 6.18 Å². The number of hydrogen-bond acceptors (Lipinski definition) is 3. The highest BCUT2D eigenvalue weighted by Gasteiger charge is 2.33. The number of fused-ring (bicyclic) bond motifs is 1. The number of ether oxygens (including phenoxy) is 1. The quantitative estimate of drug-likeness (QED) is 0.854. The molecule has 0 unspecified atom stereocenters. The monoisotopic (exact) mass is 274 g/mol. The van der Waals surface area contributed by atoms with Crippen molar-refractivity contribution in [3.8, 4) is 5.75 Å². The fraction of sp³-hybridized carbons (Fsp3) is 0.250. The van der Waals surface area contributed by atoms with E-state index in [0.717, 1.165) is 12.1 Å². The smallest absolute Gasteiger partial charge is 0.433 e. The molecule has 0 aliphatic heterocycles. The highest BCUT2D eigenvalue weighted by Crippen LogP contribution is 2.34. The van der Waals surface area contributed by atoms with E-state index in [1.165, 1.54) is 6.07 Å². The zero-order valence-corrected chi connectivity index (χ0v) is 9.88. The van der Waals surface area contributed by atoms with Crippen LogP contribution in [0.4, 0.5) is 23.2 Å². The van der Waals surface area contributed by atoms with E-state index in [0.29, 0.717) is 0 Å². The van der Waals surface area contributed by atoms with Crippen molar-refractivity contribution in [2.75, 3.05) is 12.3 Å². The Morgan fingerprint density at radius 1 is 1.26 bits per heavy atom. The second kappa shape index (κ2) is 4.56. The molecule has 7 heteroatoms. The maximum Gasteiger partial charge on any atom is 0.433 e. The lowest BCUT2D eigenvalue weighted by molar-refractivity contribution is -0.140. The van der Waals surface area contributed by atoms with Gasteiger partial charge in [0.2, 0.25) is 0 Å². The number of nitrogen functional groups attached to an aromatic ring is 1. The highest BCUT2D eigenvalue weighted by atomic mass is 19.4. The van der Waals surface area contributed by atoms with Crippen LogP contribution in [0.2, 0.25) is 0 Å². The van der Waals surface area contributed by atoms with Crippen LogP contribution >= 0.6 is 0 Å². The van der Waals surface area contributed by atoms with Gasteiger partial charge in [0.05, 0.1) is 12.1 Å². The van der Waals surface area contributed by atoms with Crippen molar-refractivity contribution in [1.29, 1.82) is 0 Å². The van der Waals surface area contributed by atoms with Gasteiger partial charge in [-0.3, -0.25) is 0 Å². The van der Waals surface area contributed by atoms with Gasteiger partial charge in [0.25, 0.3) is 0 Å². The number of nitrogens with two attached hydrogens (primary N) is 1. The number of rotatable bonds is 2. The summed E-state index contributed by atoms with van der Waals surface area (Å²) in [5, 5.41) is 0.220. The van der Waals surface area contributed by atoms with Crippen LogP contribution < -0.4 is 10.5 Å². The maximum atomic E-state index is 13.6. The van der Waals surface area contributed by atoms with Gasteiger partial charge in [0.15, 0.2) is 11.6 Å². The van der Waals surface area contributed by atoms with Gasteiger partial charge in [0.1, 0.15) is 5.69 Å². The minimum Gasteiger partial charge on any atom is -0.491 e. The van der Waals surface area contributed by atoms with E-state index >= 15 is 0 Å². The Hall–Kier alpha value is -2.05. The molecule has 1 heterocycles. The van der Waals surface area contributed by atoms with Gasteiger partial charge in [-0.1, -0.05) is 0 Å². The Balaban J connectivity index is 2.67. The van der Waals surface area contributed by atoms with Gasteiger partial charge in [-0.15, -0.1) is 0 Å². The summed E-state index contributed by atoms with van der Waals surface area (Å²) in [6, 6.07) is 2.85. The summed E-state index contributed by atoms with van der Waals surface area (Å²) in [6.07, 6.45) is -4.63. The molecule has 0 atom stereocenters. The van der Waals surface area contributed by atoms with Crippen LogP contribution in [0.1, 0.15) is 12.6 Å². The molecule has 0 bridgehead atoms. The standard InChI is InChI=1S/C12H10F4N2O/c1-2-19-10-3-6-8(17)5-11(12(14,15)16)18-9(6)4-7(10)13/h3-5H,2H2,1H3,(H2,17,18). The maximum absolute atomic E-state index is 13.6. The number of anilines is 1. The molecule has 102 valence electrons. The summed E-state index contributed by atoms with van der Waals surface area (Å²) in [5.74, 6) is -0.844. The summed E-state index contributed by atoms with van der Waals surface area (Å²) >= 11 is 0. The summed E-state index contributed by atoms with van der Waals surface area (Å²) in [4.78, 5) is 3.37. The number of pyridine rings is 1. The fourth-order valence-electron chi connectivity index (χ4n) is 1.67. The zero-order valence-electron chi connectivity index (χ0n) is 9.88. The van der Waals surface area contributed by atoms with Crippen molar-refractivity contribution in [2.24, 2.45) is 0 Å². The Bertz CT molecular complexity index is 625. The number of alkyl halides is 3. The first-order valence-electron chi connectivity index (χ1n) is 5.42. The molecule has 0 saturated heterocycles. The van der Waals surface area contributed by atoms with E-state index in [2.05, 4.69) is 4.98 Å². The molecule has 0 radical (unpaired) electrons. The summed E-state index contributed by atoms with van der Waals surface area (Å²) in [7, 11) is 0. The van der Waals surface area contributed by atoms with Crippen LogP contribution in [0.15, 0.2) is 18.2 Å². The van der Waals surface area contributed by atoms with Crippen LogP contribution in [0.5, 0.6) is 5.75 Å². The molecule has 0 fully saturated rings. The first-order valence-corrected chi connectivity index (χ1v) is 5.42. The van der Waals surface area contributed by atoms with E-state index < -0.39 is 17.7 Å². The van der Waals surface area contributed by atoms with Crippen molar-refractivity contribution in [3.63, 3.8) is 0 Å². The number of hydrogen-bond donors (Lipinski definition) is 1. The molecular weight excluding hydrogens is 264 g/mol. The molecule has 1 aromatic heterocycles. The second-order valence-corrected chi connectivity index (χ2v) is 3.83. The topological polar surface area (TPSA) is 48.1 Å². The lowest BCUT2D eigenvalue weighted by Gasteiger charge is -2.11. The van der Waals surface area contributed by atoms with Gasteiger partial charge in [-0.2, -0.15) is 13.2 Å². The predicted octanol–water partition coefficient (Wildman–Crippen LogP) is 3.37. The molecule has 0 amide bonds. The van der Waals surface area contributed by atoms with Crippen molar-refractivity contribution >= 4 is 16.6 Å². The van der Waals surface area contributed by atoms with E-state index in [1.54, 1.807) is 6.92 Å². The molecule has 2 aromatic rings. The molecule has 2 rings (SSSR count). The first-order chi connectivity index (χ1) is 8.82. The zero-order chi connectivity index (χ0) is 14.2. The normalized spacial score (nSPS) is 11.8. The third kappa shape index (κ3) is 2.54. The number of halogens is 4. The Labute approximate surface area is 106 Å². The van der Waals surface area contributed by atoms with Crippen LogP contribution in [0.3, 0.4) is 0 Å². The van der Waals surface area contributed by atoms with Gasteiger partial charge in [-0.05, 0) is 19.1 Å². The van der Waals surface area contributed by atoms with Gasteiger partial charge < -0.3 is 10.5 Å². The second-order valence-electron chi connectivity index (χ2n) is 3.83. The molecule has 1 aromatic carbocycles. The third-order valence-electron chi connectivity index (χ3n) is 2.48. The molecule has 0 aliphatic rings. The number of nitrogens with zero attached hydrogens (tertiary/aromatic N) is 1. The highest BCUT2D eigenvalue weighted by molar-refractivity contribution is 5.91. The predicted molar refractivity (Wildman–Crippen MR) is 62.3 cm³/mol. The number of aromatic nitrogens is 1. The van der Waals surface area contributed by atoms with Crippen LogP contribution in [0.25, 0.3) is 10.9 Å². The molecule has 0 saturated carbocycles. The largest absolute Gasteiger partial charge is 0.491 e. The fourth-order valence-corrected chi connectivity index (χ4v) is 1.67. The van der Waals surface area contributed by atoms with E-state index in [1.807, 2.05) is 0 Å². The summed E-state index contributed by atoms with van der Waals surface area (Å²) in [5.41, 5.74) is 4.11. The lowest BCUT2D eigenvalue weighted by Crippen LogP contribution is -2.09. The Morgan fingerprint density at radius 2 is 1.95 bits per heavy atom. The van der Waals surface area contributed by atoms with Crippen molar-refractivity contribution in [3.05, 3.63) is 29.7 Å². The van der Waals surface area contributed by atoms with E-state index in [9.17, 15) is 17.6 Å². The average molecular weight is 274 g/mol. The minimum absolute atomic E-state index is 0.0664. The molecule has 0 aliphatic carbocycles. The third-order valence-corrected chi connectivity index (χ3v) is 2.48. The minimum atomic E-state index is -4.63. The van der Waals surface area contributed by atoms with E-state index in [4.69, 9.17) is 10.5 Å². The summed E-state index contributed by atoms with van der Waals surface area (Å²) < 4.78 is 56.3. The Kier molecular flexibility index (Phi) is 3.21. The van der Waals surface area contributed by atoms with Gasteiger partial charge >= 0.3 is 6.18 Å². The van der Waals surface area contributed by atoms with E-state index in [-0.39, 0.29) is 28.9 Å². The van der Waals surface area contributed by atoms with Crippen molar-refractivity contribution < 1.29 is 22.3 Å². The Morgan fingerprint density at radius 3 is 2.53 bits per heavy atom. The van der Waals surface area contributed by atoms with Crippen LogP contribution in [0, 0.1) is 5.82 Å². The van der Waals surface area contributed by atoms with Crippen molar-refractivity contribution in [2.45, 2.75) is 13.1 Å². The molecular formula is C12H10F4N2O. The van der Waals surface area contributed by atoms with Gasteiger partial charge in [-0.25, -0.2) is 9.37 Å². The molecule has 3 nitrogen and oxygen atoms in total. The average Bonchev–Trinajstić information content (AvgIpc) is 2.29. The first kappa shape index (κ1) is 13.4. The number of benzene rings is 1.